The van der Waals surface area contributed by atoms with Gasteiger partial charge in [-0.05, 0) is 13.8 Å². The van der Waals surface area contributed by atoms with E-state index < -0.39 is 17.9 Å². The quantitative estimate of drug-likeness (QED) is 0.490. The lowest BCUT2D eigenvalue weighted by Gasteiger charge is -1.95. The standard InChI is InChI=1S/C9H9NO4/c1-4-5(2)13-8(10-4)6-3-7(11)14-9(6)12/h6H,3H2,1-2H3. The first kappa shape index (κ1) is 8.93. The summed E-state index contributed by atoms with van der Waals surface area (Å²) in [6.07, 6.45) is 0.0260. The van der Waals surface area contributed by atoms with E-state index in [1.807, 2.05) is 0 Å². The molecule has 0 saturated carbocycles. The van der Waals surface area contributed by atoms with Crippen molar-refractivity contribution in [3.05, 3.63) is 17.3 Å². The van der Waals surface area contributed by atoms with Gasteiger partial charge in [-0.25, -0.2) is 4.98 Å². The minimum Gasteiger partial charge on any atom is -0.445 e. The molecule has 14 heavy (non-hydrogen) atoms. The number of nitrogens with zero attached hydrogens (tertiary/aromatic N) is 1. The summed E-state index contributed by atoms with van der Waals surface area (Å²) in [5.41, 5.74) is 0.729. The van der Waals surface area contributed by atoms with Crippen molar-refractivity contribution >= 4 is 11.9 Å². The number of hydrogen-bond donors (Lipinski definition) is 0. The first-order valence-electron chi connectivity index (χ1n) is 4.26. The summed E-state index contributed by atoms with van der Waals surface area (Å²) in [6, 6.07) is 0. The van der Waals surface area contributed by atoms with Crippen LogP contribution in [0.15, 0.2) is 4.42 Å². The molecule has 1 aromatic rings. The van der Waals surface area contributed by atoms with Gasteiger partial charge in [-0.1, -0.05) is 0 Å². The second-order valence-electron chi connectivity index (χ2n) is 3.24. The predicted molar refractivity (Wildman–Crippen MR) is 44.4 cm³/mol. The average molecular weight is 195 g/mol. The molecule has 1 fully saturated rings. The molecule has 0 amide bonds. The van der Waals surface area contributed by atoms with Crippen LogP contribution in [0.3, 0.4) is 0 Å². The van der Waals surface area contributed by atoms with Crippen LogP contribution >= 0.6 is 0 Å². The van der Waals surface area contributed by atoms with Crippen molar-refractivity contribution in [1.82, 2.24) is 4.98 Å². The Morgan fingerprint density at radius 1 is 1.36 bits per heavy atom. The Labute approximate surface area is 80.1 Å². The Kier molecular flexibility index (Phi) is 1.87. The number of cyclic esters (lactones) is 2. The molecular weight excluding hydrogens is 186 g/mol. The van der Waals surface area contributed by atoms with Crippen molar-refractivity contribution in [3.63, 3.8) is 0 Å². The fourth-order valence-corrected chi connectivity index (χ4v) is 1.31. The van der Waals surface area contributed by atoms with Crippen LogP contribution in [0.2, 0.25) is 0 Å². The maximum Gasteiger partial charge on any atom is 0.326 e. The van der Waals surface area contributed by atoms with Crippen LogP contribution in [0.5, 0.6) is 0 Å². The lowest BCUT2D eigenvalue weighted by molar-refractivity contribution is -0.152. The summed E-state index contributed by atoms with van der Waals surface area (Å²) in [4.78, 5) is 26.0. The highest BCUT2D eigenvalue weighted by molar-refractivity contribution is 5.97. The molecule has 1 atom stereocenters. The minimum atomic E-state index is -0.658. The molecular formula is C9H9NO4. The van der Waals surface area contributed by atoms with E-state index in [0.717, 1.165) is 5.69 Å². The van der Waals surface area contributed by atoms with Crippen molar-refractivity contribution in [3.8, 4) is 0 Å². The molecule has 2 rings (SSSR count). The van der Waals surface area contributed by atoms with Crippen molar-refractivity contribution in [2.45, 2.75) is 26.2 Å². The second kappa shape index (κ2) is 2.94. The third-order valence-corrected chi connectivity index (χ3v) is 2.21. The lowest BCUT2D eigenvalue weighted by atomic mass is 10.1. The summed E-state index contributed by atoms with van der Waals surface area (Å²) in [5.74, 6) is -0.817. The molecule has 0 spiro atoms. The number of carbonyl (C=O) groups excluding carboxylic acids is 2. The first-order valence-corrected chi connectivity index (χ1v) is 4.26. The molecule has 74 valence electrons. The van der Waals surface area contributed by atoms with Crippen LogP contribution in [0.25, 0.3) is 0 Å². The highest BCUT2D eigenvalue weighted by Gasteiger charge is 2.38. The third kappa shape index (κ3) is 1.30. The van der Waals surface area contributed by atoms with Crippen LogP contribution in [0.1, 0.15) is 29.7 Å². The van der Waals surface area contributed by atoms with Crippen molar-refractivity contribution in [2.75, 3.05) is 0 Å². The smallest absolute Gasteiger partial charge is 0.326 e. The minimum absolute atomic E-state index is 0.0260. The van der Waals surface area contributed by atoms with Gasteiger partial charge in [0.2, 0.25) is 5.89 Å². The van der Waals surface area contributed by atoms with Gasteiger partial charge in [-0.3, -0.25) is 9.59 Å². The van der Waals surface area contributed by atoms with Crippen molar-refractivity contribution < 1.29 is 18.7 Å². The Balaban J connectivity index is 2.31. The van der Waals surface area contributed by atoms with Gasteiger partial charge in [0.25, 0.3) is 0 Å². The predicted octanol–water partition coefficient (Wildman–Crippen LogP) is 0.849. The number of aryl methyl sites for hydroxylation is 2. The van der Waals surface area contributed by atoms with Crippen LogP contribution in [-0.2, 0) is 14.3 Å². The Hall–Kier alpha value is -1.65. The molecule has 1 aliphatic rings. The van der Waals surface area contributed by atoms with E-state index in [2.05, 4.69) is 9.72 Å². The molecule has 0 aromatic carbocycles. The molecule has 0 aliphatic carbocycles. The Bertz CT molecular complexity index is 387. The van der Waals surface area contributed by atoms with E-state index >= 15 is 0 Å². The van der Waals surface area contributed by atoms with Gasteiger partial charge in [-0.15, -0.1) is 0 Å². The maximum atomic E-state index is 11.2. The van der Waals surface area contributed by atoms with Gasteiger partial charge in [0.1, 0.15) is 11.7 Å². The molecule has 0 bridgehead atoms. The molecule has 5 heteroatoms. The molecule has 1 aliphatic heterocycles. The van der Waals surface area contributed by atoms with Gasteiger partial charge < -0.3 is 9.15 Å². The number of rotatable bonds is 1. The second-order valence-corrected chi connectivity index (χ2v) is 3.24. The van der Waals surface area contributed by atoms with E-state index in [1.54, 1.807) is 13.8 Å². The summed E-state index contributed by atoms with van der Waals surface area (Å²) >= 11 is 0. The Morgan fingerprint density at radius 3 is 2.50 bits per heavy atom. The van der Waals surface area contributed by atoms with E-state index in [1.165, 1.54) is 0 Å². The Morgan fingerprint density at radius 2 is 2.07 bits per heavy atom. The van der Waals surface area contributed by atoms with Gasteiger partial charge in [0, 0.05) is 0 Å². The van der Waals surface area contributed by atoms with Gasteiger partial charge in [-0.2, -0.15) is 0 Å². The van der Waals surface area contributed by atoms with Crippen LogP contribution in [-0.4, -0.2) is 16.9 Å². The molecule has 1 unspecified atom stereocenters. The number of ether oxygens (including phenoxy) is 1. The van der Waals surface area contributed by atoms with Gasteiger partial charge >= 0.3 is 11.9 Å². The molecule has 1 aromatic heterocycles. The van der Waals surface area contributed by atoms with E-state index in [9.17, 15) is 9.59 Å². The zero-order valence-corrected chi connectivity index (χ0v) is 7.86. The SMILES string of the molecule is Cc1nc(C2CC(=O)OC2=O)oc1C. The van der Waals surface area contributed by atoms with Crippen LogP contribution in [0, 0.1) is 13.8 Å². The number of esters is 2. The maximum absolute atomic E-state index is 11.2. The van der Waals surface area contributed by atoms with Crippen molar-refractivity contribution in [1.29, 1.82) is 0 Å². The van der Waals surface area contributed by atoms with Crippen molar-refractivity contribution in [2.24, 2.45) is 0 Å². The first-order chi connectivity index (χ1) is 6.58. The topological polar surface area (TPSA) is 69.4 Å². The fraction of sp³-hybridized carbons (Fsp3) is 0.444. The van der Waals surface area contributed by atoms with Crippen LogP contribution in [0.4, 0.5) is 0 Å². The monoisotopic (exact) mass is 195 g/mol. The van der Waals surface area contributed by atoms with Gasteiger partial charge in [0.15, 0.2) is 0 Å². The summed E-state index contributed by atoms with van der Waals surface area (Å²) < 4.78 is 9.65. The largest absolute Gasteiger partial charge is 0.445 e. The van der Waals surface area contributed by atoms with E-state index in [-0.39, 0.29) is 12.3 Å². The highest BCUT2D eigenvalue weighted by atomic mass is 16.6. The molecule has 2 heterocycles. The zero-order valence-electron chi connectivity index (χ0n) is 7.86. The highest BCUT2D eigenvalue weighted by Crippen LogP contribution is 2.27. The lowest BCUT2D eigenvalue weighted by Crippen LogP contribution is -2.05. The van der Waals surface area contributed by atoms with Gasteiger partial charge in [0.05, 0.1) is 12.1 Å². The molecule has 0 radical (unpaired) electrons. The molecule has 0 N–H and O–H groups in total. The fourth-order valence-electron chi connectivity index (χ4n) is 1.31. The number of hydrogen-bond acceptors (Lipinski definition) is 5. The van der Waals surface area contributed by atoms with Crippen LogP contribution < -0.4 is 0 Å². The number of carbonyl (C=O) groups is 2. The summed E-state index contributed by atoms with van der Waals surface area (Å²) in [7, 11) is 0. The van der Waals surface area contributed by atoms with E-state index in [4.69, 9.17) is 4.42 Å². The average Bonchev–Trinajstić information content (AvgIpc) is 2.57. The summed E-state index contributed by atoms with van der Waals surface area (Å²) in [5, 5.41) is 0. The summed E-state index contributed by atoms with van der Waals surface area (Å²) in [6.45, 7) is 3.54. The normalized spacial score (nSPS) is 21.4. The third-order valence-electron chi connectivity index (χ3n) is 2.21. The van der Waals surface area contributed by atoms with E-state index in [0.29, 0.717) is 5.76 Å². The molecule has 1 saturated heterocycles. The number of oxazole rings is 1. The zero-order chi connectivity index (χ0) is 10.3. The molecule has 5 nitrogen and oxygen atoms in total. The number of aromatic nitrogens is 1.